The van der Waals surface area contributed by atoms with Gasteiger partial charge >= 0.3 is 5.97 Å². The second-order valence-electron chi connectivity index (χ2n) is 4.96. The number of nitrogens with zero attached hydrogens (tertiary/aromatic N) is 1. The Morgan fingerprint density at radius 1 is 1.32 bits per heavy atom. The number of hydrogen-bond acceptors (Lipinski definition) is 6. The number of amides is 1. The van der Waals surface area contributed by atoms with Crippen molar-refractivity contribution in [3.05, 3.63) is 52.5 Å². The van der Waals surface area contributed by atoms with E-state index < -0.39 is 18.5 Å². The predicted octanol–water partition coefficient (Wildman–Crippen LogP) is 3.72. The molecule has 2 aromatic rings. The van der Waals surface area contributed by atoms with Gasteiger partial charge in [-0.25, -0.2) is 4.79 Å². The van der Waals surface area contributed by atoms with Gasteiger partial charge in [0.15, 0.2) is 6.61 Å². The number of benzene rings is 2. The second-order valence-corrected chi connectivity index (χ2v) is 6.25. The quantitative estimate of drug-likeness (QED) is 0.468. The van der Waals surface area contributed by atoms with Crippen LogP contribution in [0.5, 0.6) is 5.75 Å². The van der Waals surface area contributed by atoms with E-state index in [-0.39, 0.29) is 16.3 Å². The third kappa shape index (κ3) is 5.14. The van der Waals surface area contributed by atoms with Crippen LogP contribution in [0.25, 0.3) is 0 Å². The van der Waals surface area contributed by atoms with Crippen molar-refractivity contribution < 1.29 is 19.4 Å². The Morgan fingerprint density at radius 3 is 2.76 bits per heavy atom. The molecular formula is C17H13ClN2O4S. The smallest absolute Gasteiger partial charge is 0.342 e. The molecule has 0 aliphatic heterocycles. The molecular weight excluding hydrogens is 364 g/mol. The number of ether oxygens (including phenoxy) is 1. The van der Waals surface area contributed by atoms with Crippen LogP contribution in [0.2, 0.25) is 5.02 Å². The lowest BCUT2D eigenvalue weighted by molar-refractivity contribution is -0.119. The van der Waals surface area contributed by atoms with Crippen molar-refractivity contribution in [2.75, 3.05) is 11.9 Å². The van der Waals surface area contributed by atoms with Crippen LogP contribution in [0, 0.1) is 17.6 Å². The molecule has 0 aromatic heterocycles. The van der Waals surface area contributed by atoms with Gasteiger partial charge in [-0.2, -0.15) is 5.26 Å². The van der Waals surface area contributed by atoms with Gasteiger partial charge in [0.05, 0.1) is 0 Å². The number of aryl methyl sites for hydroxylation is 1. The number of hydrogen-bond donors (Lipinski definition) is 2. The highest BCUT2D eigenvalue weighted by atomic mass is 35.5. The molecule has 0 unspecified atom stereocenters. The van der Waals surface area contributed by atoms with Gasteiger partial charge < -0.3 is 15.2 Å². The van der Waals surface area contributed by atoms with Crippen molar-refractivity contribution in [3.8, 4) is 11.2 Å². The van der Waals surface area contributed by atoms with Gasteiger partial charge in [0.2, 0.25) is 0 Å². The van der Waals surface area contributed by atoms with Gasteiger partial charge in [0.25, 0.3) is 5.91 Å². The first kappa shape index (κ1) is 18.6. The van der Waals surface area contributed by atoms with Crippen molar-refractivity contribution in [2.24, 2.45) is 0 Å². The van der Waals surface area contributed by atoms with Crippen molar-refractivity contribution in [1.29, 1.82) is 5.26 Å². The van der Waals surface area contributed by atoms with E-state index in [1.54, 1.807) is 25.1 Å². The Hall–Kier alpha value is -2.69. The molecule has 0 aliphatic carbocycles. The molecule has 0 spiro atoms. The molecule has 0 radical (unpaired) electrons. The number of halogens is 1. The molecule has 0 saturated carbocycles. The van der Waals surface area contributed by atoms with Crippen LogP contribution in [0.4, 0.5) is 5.69 Å². The number of anilines is 1. The molecule has 1 amide bonds. The molecule has 0 fully saturated rings. The normalized spacial score (nSPS) is 9.96. The fraction of sp³-hybridized carbons (Fsp3) is 0.118. The van der Waals surface area contributed by atoms with E-state index in [1.807, 2.05) is 5.40 Å². The number of esters is 1. The molecule has 2 aromatic carbocycles. The first-order valence-electron chi connectivity index (χ1n) is 7.03. The van der Waals surface area contributed by atoms with Gasteiger partial charge in [-0.3, -0.25) is 4.79 Å². The standard InChI is InChI=1S/C17H13ClN2O4S/c1-10-6-12(25-9-19)3-4-14(10)20-16(22)8-24-17(23)13-7-11(18)2-5-15(13)21/h2-7,21H,8H2,1H3,(H,20,22). The molecule has 0 bridgehead atoms. The van der Waals surface area contributed by atoms with E-state index in [0.29, 0.717) is 5.69 Å². The lowest BCUT2D eigenvalue weighted by Crippen LogP contribution is -2.21. The summed E-state index contributed by atoms with van der Waals surface area (Å²) in [7, 11) is 0. The first-order valence-corrected chi connectivity index (χ1v) is 8.22. The third-order valence-corrected chi connectivity index (χ3v) is 3.96. The van der Waals surface area contributed by atoms with E-state index in [1.165, 1.54) is 18.2 Å². The number of rotatable bonds is 5. The van der Waals surface area contributed by atoms with E-state index in [9.17, 15) is 14.7 Å². The highest BCUT2D eigenvalue weighted by Crippen LogP contribution is 2.24. The maximum atomic E-state index is 11.9. The summed E-state index contributed by atoms with van der Waals surface area (Å²) >= 11 is 6.78. The molecule has 128 valence electrons. The van der Waals surface area contributed by atoms with E-state index in [4.69, 9.17) is 21.6 Å². The summed E-state index contributed by atoms with van der Waals surface area (Å²) in [5.41, 5.74) is 1.20. The Balaban J connectivity index is 1.96. The maximum absolute atomic E-state index is 11.9. The number of carbonyl (C=O) groups excluding carboxylic acids is 2. The molecule has 0 aliphatic rings. The Labute approximate surface area is 153 Å². The largest absolute Gasteiger partial charge is 0.507 e. The highest BCUT2D eigenvalue weighted by molar-refractivity contribution is 8.03. The summed E-state index contributed by atoms with van der Waals surface area (Å²) < 4.78 is 4.88. The molecule has 25 heavy (non-hydrogen) atoms. The lowest BCUT2D eigenvalue weighted by Gasteiger charge is -2.10. The van der Waals surface area contributed by atoms with Gasteiger partial charge in [-0.1, -0.05) is 11.6 Å². The van der Waals surface area contributed by atoms with E-state index >= 15 is 0 Å². The molecule has 0 saturated heterocycles. The third-order valence-electron chi connectivity index (χ3n) is 3.15. The Morgan fingerprint density at radius 2 is 2.08 bits per heavy atom. The molecule has 0 atom stereocenters. The summed E-state index contributed by atoms with van der Waals surface area (Å²) in [4.78, 5) is 24.6. The topological polar surface area (TPSA) is 99.4 Å². The van der Waals surface area contributed by atoms with Crippen LogP contribution in [0.3, 0.4) is 0 Å². The molecule has 6 nitrogen and oxygen atoms in total. The maximum Gasteiger partial charge on any atom is 0.342 e. The SMILES string of the molecule is Cc1cc(SC#N)ccc1NC(=O)COC(=O)c1cc(Cl)ccc1O. The number of nitriles is 1. The number of thioether (sulfide) groups is 1. The minimum atomic E-state index is -0.854. The monoisotopic (exact) mass is 376 g/mol. The summed E-state index contributed by atoms with van der Waals surface area (Å²) in [5, 5.41) is 23.1. The number of carbonyl (C=O) groups is 2. The summed E-state index contributed by atoms with van der Waals surface area (Å²) in [5.74, 6) is -1.66. The number of thiocyanates is 1. The van der Waals surface area contributed by atoms with E-state index in [0.717, 1.165) is 22.2 Å². The van der Waals surface area contributed by atoms with Crippen molar-refractivity contribution in [2.45, 2.75) is 11.8 Å². The van der Waals surface area contributed by atoms with Gasteiger partial charge in [-0.15, -0.1) is 0 Å². The molecule has 0 heterocycles. The zero-order valence-corrected chi connectivity index (χ0v) is 14.6. The fourth-order valence-corrected chi connectivity index (χ4v) is 2.61. The summed E-state index contributed by atoms with van der Waals surface area (Å²) in [6.07, 6.45) is 0. The van der Waals surface area contributed by atoms with Crippen molar-refractivity contribution >= 4 is 40.9 Å². The van der Waals surface area contributed by atoms with Crippen LogP contribution in [-0.2, 0) is 9.53 Å². The van der Waals surface area contributed by atoms with Crippen molar-refractivity contribution in [3.63, 3.8) is 0 Å². The molecule has 2 N–H and O–H groups in total. The first-order chi connectivity index (χ1) is 11.9. The minimum absolute atomic E-state index is 0.116. The average Bonchev–Trinajstić information content (AvgIpc) is 2.57. The zero-order valence-electron chi connectivity index (χ0n) is 13.1. The zero-order chi connectivity index (χ0) is 18.4. The molecule has 8 heteroatoms. The van der Waals surface area contributed by atoms with Crippen LogP contribution < -0.4 is 5.32 Å². The van der Waals surface area contributed by atoms with Crippen LogP contribution in [0.1, 0.15) is 15.9 Å². The number of nitrogens with one attached hydrogen (secondary N) is 1. The van der Waals surface area contributed by atoms with Gasteiger partial charge in [0, 0.05) is 15.6 Å². The predicted molar refractivity (Wildman–Crippen MR) is 94.7 cm³/mol. The van der Waals surface area contributed by atoms with E-state index in [2.05, 4.69) is 5.32 Å². The number of aromatic hydroxyl groups is 1. The van der Waals surface area contributed by atoms with Crippen molar-refractivity contribution in [1.82, 2.24) is 0 Å². The van der Waals surface area contributed by atoms with Crippen LogP contribution in [0.15, 0.2) is 41.3 Å². The van der Waals surface area contributed by atoms with Crippen LogP contribution >= 0.6 is 23.4 Å². The number of phenols is 1. The minimum Gasteiger partial charge on any atom is -0.507 e. The highest BCUT2D eigenvalue weighted by Gasteiger charge is 2.15. The van der Waals surface area contributed by atoms with Gasteiger partial charge in [0.1, 0.15) is 16.7 Å². The summed E-state index contributed by atoms with van der Waals surface area (Å²) in [6.45, 7) is 1.27. The second kappa shape index (κ2) is 8.42. The van der Waals surface area contributed by atoms with Crippen LogP contribution in [-0.4, -0.2) is 23.6 Å². The van der Waals surface area contributed by atoms with Gasteiger partial charge in [-0.05, 0) is 60.6 Å². The fourth-order valence-electron chi connectivity index (χ4n) is 1.96. The average molecular weight is 377 g/mol. The lowest BCUT2D eigenvalue weighted by atomic mass is 10.2. The number of phenolic OH excluding ortho intramolecular Hbond substituents is 1. The Bertz CT molecular complexity index is 864. The summed E-state index contributed by atoms with van der Waals surface area (Å²) in [6, 6.07) is 9.08. The molecule has 2 rings (SSSR count). The Kier molecular flexibility index (Phi) is 6.28.